The monoisotopic (exact) mass is 404 g/mol. The standard InChI is InChI=1S/C23H40N4O2/c1-4-24-23(25-13-9-14-28-19-22-12-8-15-29-22)26-17-20-10-7-11-21(16-20)18-27(5-2)6-3/h7,10-11,16,22H,4-6,8-9,12-15,17-19H2,1-3H3,(H2,24,25,26). The lowest BCUT2D eigenvalue weighted by atomic mass is 10.1. The third-order valence-corrected chi connectivity index (χ3v) is 5.14. The van der Waals surface area contributed by atoms with Gasteiger partial charge in [0.25, 0.3) is 0 Å². The first kappa shape index (κ1) is 23.6. The molecule has 1 saturated heterocycles. The highest BCUT2D eigenvalue weighted by atomic mass is 16.5. The number of hydrogen-bond acceptors (Lipinski definition) is 4. The average molecular weight is 405 g/mol. The summed E-state index contributed by atoms with van der Waals surface area (Å²) < 4.78 is 11.3. The van der Waals surface area contributed by atoms with E-state index in [0.29, 0.717) is 12.6 Å². The predicted molar refractivity (Wildman–Crippen MR) is 120 cm³/mol. The molecule has 1 aromatic carbocycles. The van der Waals surface area contributed by atoms with Crippen LogP contribution in [-0.4, -0.2) is 63.0 Å². The van der Waals surface area contributed by atoms with Crippen molar-refractivity contribution in [2.75, 3.05) is 46.0 Å². The highest BCUT2D eigenvalue weighted by Gasteiger charge is 2.14. The SMILES string of the molecule is CCNC(=NCc1cccc(CN(CC)CC)c1)NCCCOCC1CCCO1. The molecule has 0 saturated carbocycles. The van der Waals surface area contributed by atoms with Crippen molar-refractivity contribution in [1.29, 1.82) is 0 Å². The van der Waals surface area contributed by atoms with Crippen LogP contribution in [-0.2, 0) is 22.6 Å². The molecule has 1 aliphatic rings. The summed E-state index contributed by atoms with van der Waals surface area (Å²) in [7, 11) is 0. The van der Waals surface area contributed by atoms with Crippen molar-refractivity contribution < 1.29 is 9.47 Å². The summed E-state index contributed by atoms with van der Waals surface area (Å²) in [5, 5.41) is 6.73. The predicted octanol–water partition coefficient (Wildman–Crippen LogP) is 3.17. The molecule has 164 valence electrons. The molecule has 29 heavy (non-hydrogen) atoms. The third-order valence-electron chi connectivity index (χ3n) is 5.14. The lowest BCUT2D eigenvalue weighted by molar-refractivity contribution is 0.0168. The number of rotatable bonds is 13. The van der Waals surface area contributed by atoms with E-state index in [0.717, 1.165) is 77.8 Å². The van der Waals surface area contributed by atoms with Gasteiger partial charge in [-0.25, -0.2) is 4.99 Å². The fourth-order valence-electron chi connectivity index (χ4n) is 3.42. The van der Waals surface area contributed by atoms with E-state index in [9.17, 15) is 0 Å². The van der Waals surface area contributed by atoms with E-state index >= 15 is 0 Å². The van der Waals surface area contributed by atoms with E-state index in [4.69, 9.17) is 14.5 Å². The molecule has 6 heteroatoms. The topological polar surface area (TPSA) is 58.1 Å². The molecule has 0 aromatic heterocycles. The van der Waals surface area contributed by atoms with Gasteiger partial charge in [0.05, 0.1) is 19.3 Å². The molecule has 2 N–H and O–H groups in total. The van der Waals surface area contributed by atoms with Crippen molar-refractivity contribution in [2.24, 2.45) is 4.99 Å². The summed E-state index contributed by atoms with van der Waals surface area (Å²) in [6.07, 6.45) is 3.55. The molecular weight excluding hydrogens is 364 g/mol. The summed E-state index contributed by atoms with van der Waals surface area (Å²) in [4.78, 5) is 7.17. The highest BCUT2D eigenvalue weighted by Crippen LogP contribution is 2.12. The summed E-state index contributed by atoms with van der Waals surface area (Å²) in [6, 6.07) is 8.75. The maximum Gasteiger partial charge on any atom is 0.191 e. The zero-order valence-electron chi connectivity index (χ0n) is 18.6. The van der Waals surface area contributed by atoms with Crippen LogP contribution in [0.3, 0.4) is 0 Å². The van der Waals surface area contributed by atoms with Crippen LogP contribution < -0.4 is 10.6 Å². The van der Waals surface area contributed by atoms with E-state index in [1.54, 1.807) is 0 Å². The first-order valence-electron chi connectivity index (χ1n) is 11.3. The molecule has 0 amide bonds. The van der Waals surface area contributed by atoms with Gasteiger partial charge >= 0.3 is 0 Å². The van der Waals surface area contributed by atoms with Crippen molar-refractivity contribution in [3.63, 3.8) is 0 Å². The number of nitrogens with zero attached hydrogens (tertiary/aromatic N) is 2. The Morgan fingerprint density at radius 1 is 1.21 bits per heavy atom. The van der Waals surface area contributed by atoms with E-state index in [2.05, 4.69) is 60.6 Å². The third kappa shape index (κ3) is 9.61. The summed E-state index contributed by atoms with van der Waals surface area (Å²) >= 11 is 0. The number of benzene rings is 1. The molecular formula is C23H40N4O2. The van der Waals surface area contributed by atoms with E-state index in [1.165, 1.54) is 11.1 Å². The Balaban J connectivity index is 1.73. The Morgan fingerprint density at radius 2 is 2.03 bits per heavy atom. The van der Waals surface area contributed by atoms with Gasteiger partial charge in [0.1, 0.15) is 0 Å². The zero-order valence-corrected chi connectivity index (χ0v) is 18.6. The zero-order chi connectivity index (χ0) is 20.7. The molecule has 1 aromatic rings. The maximum atomic E-state index is 5.72. The Hall–Kier alpha value is -1.63. The van der Waals surface area contributed by atoms with Gasteiger partial charge in [-0.15, -0.1) is 0 Å². The summed E-state index contributed by atoms with van der Waals surface area (Å²) in [5.74, 6) is 0.862. The maximum absolute atomic E-state index is 5.72. The van der Waals surface area contributed by atoms with Gasteiger partial charge in [0.15, 0.2) is 5.96 Å². The Kier molecular flexibility index (Phi) is 11.7. The molecule has 1 unspecified atom stereocenters. The second kappa shape index (κ2) is 14.4. The fourth-order valence-corrected chi connectivity index (χ4v) is 3.42. The number of aliphatic imine (C=N–C) groups is 1. The molecule has 1 atom stereocenters. The minimum atomic E-state index is 0.305. The molecule has 1 fully saturated rings. The fraction of sp³-hybridized carbons (Fsp3) is 0.696. The smallest absolute Gasteiger partial charge is 0.191 e. The van der Waals surface area contributed by atoms with Crippen molar-refractivity contribution in [3.8, 4) is 0 Å². The largest absolute Gasteiger partial charge is 0.379 e. The van der Waals surface area contributed by atoms with Gasteiger partial charge in [0.2, 0.25) is 0 Å². The summed E-state index contributed by atoms with van der Waals surface area (Å²) in [5.41, 5.74) is 2.59. The number of guanidine groups is 1. The summed E-state index contributed by atoms with van der Waals surface area (Å²) in [6.45, 7) is 14.4. The molecule has 2 rings (SSSR count). The van der Waals surface area contributed by atoms with Gasteiger partial charge in [0, 0.05) is 32.8 Å². The van der Waals surface area contributed by atoms with Crippen LogP contribution in [0.25, 0.3) is 0 Å². The lowest BCUT2D eigenvalue weighted by Gasteiger charge is -2.18. The molecule has 6 nitrogen and oxygen atoms in total. The average Bonchev–Trinajstić information content (AvgIpc) is 3.26. The second-order valence-electron chi connectivity index (χ2n) is 7.47. The normalized spacial score (nSPS) is 17.1. The van der Waals surface area contributed by atoms with Crippen LogP contribution >= 0.6 is 0 Å². The van der Waals surface area contributed by atoms with Crippen LogP contribution in [0.5, 0.6) is 0 Å². The van der Waals surface area contributed by atoms with E-state index < -0.39 is 0 Å². The van der Waals surface area contributed by atoms with Gasteiger partial charge in [-0.1, -0.05) is 38.1 Å². The van der Waals surface area contributed by atoms with E-state index in [-0.39, 0.29) is 0 Å². The minimum absolute atomic E-state index is 0.305. The molecule has 1 heterocycles. The number of hydrogen-bond donors (Lipinski definition) is 2. The molecule has 0 aliphatic carbocycles. The lowest BCUT2D eigenvalue weighted by Crippen LogP contribution is -2.38. The quantitative estimate of drug-likeness (QED) is 0.300. The molecule has 0 bridgehead atoms. The Labute approximate surface area is 177 Å². The first-order chi connectivity index (χ1) is 14.2. The first-order valence-corrected chi connectivity index (χ1v) is 11.3. The van der Waals surface area contributed by atoms with Crippen LogP contribution in [0.2, 0.25) is 0 Å². The molecule has 1 aliphatic heterocycles. The minimum Gasteiger partial charge on any atom is -0.379 e. The van der Waals surface area contributed by atoms with Crippen molar-refractivity contribution in [2.45, 2.75) is 59.2 Å². The van der Waals surface area contributed by atoms with Crippen molar-refractivity contribution in [3.05, 3.63) is 35.4 Å². The number of ether oxygens (including phenoxy) is 2. The van der Waals surface area contributed by atoms with Crippen LogP contribution in [0.4, 0.5) is 0 Å². The van der Waals surface area contributed by atoms with Crippen molar-refractivity contribution in [1.82, 2.24) is 15.5 Å². The number of nitrogens with one attached hydrogen (secondary N) is 2. The Bertz CT molecular complexity index is 584. The highest BCUT2D eigenvalue weighted by molar-refractivity contribution is 5.79. The van der Waals surface area contributed by atoms with Gasteiger partial charge in [-0.05, 0) is 50.4 Å². The van der Waals surface area contributed by atoms with Crippen LogP contribution in [0.1, 0.15) is 51.2 Å². The Morgan fingerprint density at radius 3 is 2.76 bits per heavy atom. The van der Waals surface area contributed by atoms with E-state index in [1.807, 2.05) is 0 Å². The molecule has 0 radical (unpaired) electrons. The van der Waals surface area contributed by atoms with Gasteiger partial charge in [-0.2, -0.15) is 0 Å². The van der Waals surface area contributed by atoms with Gasteiger partial charge < -0.3 is 20.1 Å². The van der Waals surface area contributed by atoms with Crippen LogP contribution in [0.15, 0.2) is 29.3 Å². The van der Waals surface area contributed by atoms with Crippen molar-refractivity contribution >= 4 is 5.96 Å². The van der Waals surface area contributed by atoms with Crippen LogP contribution in [0, 0.1) is 0 Å². The molecule has 0 spiro atoms. The second-order valence-corrected chi connectivity index (χ2v) is 7.47. The van der Waals surface area contributed by atoms with Gasteiger partial charge in [-0.3, -0.25) is 4.90 Å².